The van der Waals surface area contributed by atoms with Crippen LogP contribution in [0.25, 0.3) is 0 Å². The van der Waals surface area contributed by atoms with E-state index in [1.807, 2.05) is 27.7 Å². The van der Waals surface area contributed by atoms with Gasteiger partial charge in [0.2, 0.25) is 23.5 Å². The maximum Gasteiger partial charge on any atom is 0.246 e. The van der Waals surface area contributed by atoms with Crippen LogP contribution >= 0.6 is 0 Å². The predicted molar refractivity (Wildman–Crippen MR) is 191 cm³/mol. The Kier molecular flexibility index (Phi) is 14.0. The van der Waals surface area contributed by atoms with Gasteiger partial charge in [0.1, 0.15) is 6.04 Å². The van der Waals surface area contributed by atoms with E-state index in [1.54, 1.807) is 18.7 Å². The normalized spacial score (nSPS) is 24.8. The molecule has 2 N–H and O–H groups in total. The fourth-order valence-electron chi connectivity index (χ4n) is 8.79. The quantitative estimate of drug-likeness (QED) is 0.179. The van der Waals surface area contributed by atoms with Crippen LogP contribution in [0.5, 0.6) is 0 Å². The Labute approximate surface area is 299 Å². The average molecular weight is 698 g/mol. The lowest BCUT2D eigenvalue weighted by molar-refractivity contribution is -0.146. The molecule has 1 aliphatic heterocycles. The van der Waals surface area contributed by atoms with E-state index in [4.69, 9.17) is 0 Å². The first kappa shape index (κ1) is 39.9. The smallest absolute Gasteiger partial charge is 0.246 e. The topological polar surface area (TPSA) is 147 Å². The van der Waals surface area contributed by atoms with Crippen LogP contribution < -0.4 is 10.6 Å². The zero-order valence-electron chi connectivity index (χ0n) is 31.5. The van der Waals surface area contributed by atoms with Gasteiger partial charge in [-0.25, -0.2) is 0 Å². The van der Waals surface area contributed by atoms with Crippen LogP contribution in [0.2, 0.25) is 0 Å². The van der Waals surface area contributed by atoms with Gasteiger partial charge in [-0.3, -0.25) is 33.6 Å². The third kappa shape index (κ3) is 10.1. The molecule has 50 heavy (non-hydrogen) atoms. The minimum atomic E-state index is -0.935. The Bertz CT molecular complexity index is 1280. The number of hydrogen-bond acceptors (Lipinski definition) is 7. The predicted octanol–water partition coefficient (Wildman–Crippen LogP) is 5.53. The molecule has 1 heterocycles. The van der Waals surface area contributed by atoms with E-state index in [2.05, 4.69) is 10.6 Å². The number of carbonyl (C=O) groups is 7. The van der Waals surface area contributed by atoms with Crippen LogP contribution in [0.1, 0.15) is 144 Å². The Hall–Kier alpha value is -2.91. The van der Waals surface area contributed by atoms with E-state index >= 15 is 0 Å². The molecule has 0 radical (unpaired) electrons. The van der Waals surface area contributed by atoms with Gasteiger partial charge >= 0.3 is 0 Å². The molecular formula is C40H63N3O7. The fourth-order valence-corrected chi connectivity index (χ4v) is 8.79. The molecule has 0 aromatic heterocycles. The molecule has 7 atom stereocenters. The van der Waals surface area contributed by atoms with Gasteiger partial charge in [-0.2, -0.15) is 0 Å². The molecule has 0 aromatic rings. The number of amides is 3. The minimum Gasteiger partial charge on any atom is -0.347 e. The largest absolute Gasteiger partial charge is 0.347 e. The van der Waals surface area contributed by atoms with Crippen LogP contribution in [0.4, 0.5) is 0 Å². The average Bonchev–Trinajstić information content (AvgIpc) is 3.64. The molecule has 4 rings (SSSR count). The van der Waals surface area contributed by atoms with Gasteiger partial charge in [0.25, 0.3) is 0 Å². The highest BCUT2D eigenvalue weighted by molar-refractivity contribution is 6.38. The van der Waals surface area contributed by atoms with Crippen LogP contribution in [-0.2, 0) is 33.6 Å². The molecule has 10 heteroatoms. The lowest BCUT2D eigenvalue weighted by atomic mass is 9.76. The van der Waals surface area contributed by atoms with Gasteiger partial charge < -0.3 is 15.5 Å². The standard InChI is InChI=1S/C40H63N3O7/c1-7-13-27(36(48)33(46)20-25-18-19-25)21-32(45)35-29-17-12-16-28(29)23-43(35)39(50)37(40(4,5)6)42-38(49)30(26-14-10-9-11-15-26)22-31(44)24(3)41-34(47)8-2/h24-30,35,37H,7-23H2,1-6H3,(H,41,47)(H,42,49)/t24-,27-,28+,29+,30+,35?,37-/m1/s1. The second-order valence-corrected chi connectivity index (χ2v) is 17.0. The number of carbonyl (C=O) groups excluding carboxylic acids is 7. The monoisotopic (exact) mass is 697 g/mol. The lowest BCUT2D eigenvalue weighted by Crippen LogP contribution is -2.58. The SMILES string of the molecule is CCC[C@H](CC(=O)C1[C@H]2CCC[C@H]2CN1C(=O)[C@@H](NC(=O)[C@@H](CC(=O)[C@@H](C)NC(=O)CC)C1CCCCC1)C(C)(C)C)C(=O)C(=O)CC1CC1. The van der Waals surface area contributed by atoms with Crippen molar-refractivity contribution in [3.8, 4) is 0 Å². The Morgan fingerprint density at radius 3 is 2.10 bits per heavy atom. The first-order chi connectivity index (χ1) is 23.7. The Balaban J connectivity index is 1.55. The highest BCUT2D eigenvalue weighted by Gasteiger charge is 2.52. The van der Waals surface area contributed by atoms with Crippen LogP contribution in [0.3, 0.4) is 0 Å². The number of Topliss-reactive ketones (excluding diaryl/α,β-unsaturated/α-hetero) is 4. The first-order valence-electron chi connectivity index (χ1n) is 19.7. The maximum atomic E-state index is 14.7. The van der Waals surface area contributed by atoms with Crippen molar-refractivity contribution in [2.75, 3.05) is 6.54 Å². The number of nitrogens with one attached hydrogen (secondary N) is 2. The van der Waals surface area contributed by atoms with Crippen molar-refractivity contribution >= 4 is 40.9 Å². The van der Waals surface area contributed by atoms with E-state index in [-0.39, 0.29) is 84.4 Å². The molecule has 280 valence electrons. The number of ketones is 4. The molecule has 4 fully saturated rings. The van der Waals surface area contributed by atoms with Crippen LogP contribution in [0.15, 0.2) is 0 Å². The van der Waals surface area contributed by atoms with E-state index in [0.29, 0.717) is 19.4 Å². The second-order valence-electron chi connectivity index (χ2n) is 17.0. The molecule has 0 aromatic carbocycles. The molecule has 1 saturated heterocycles. The van der Waals surface area contributed by atoms with Crippen molar-refractivity contribution in [2.45, 2.75) is 162 Å². The summed E-state index contributed by atoms with van der Waals surface area (Å²) in [6.45, 7) is 11.4. The molecule has 10 nitrogen and oxygen atoms in total. The summed E-state index contributed by atoms with van der Waals surface area (Å²) in [6, 6.07) is -2.35. The zero-order chi connectivity index (χ0) is 36.7. The molecule has 3 amide bonds. The zero-order valence-corrected chi connectivity index (χ0v) is 31.5. The molecule has 4 aliphatic rings. The van der Waals surface area contributed by atoms with Crippen molar-refractivity contribution in [3.63, 3.8) is 0 Å². The number of fused-ring (bicyclic) bond motifs is 1. The first-order valence-corrected chi connectivity index (χ1v) is 19.7. The number of likely N-dealkylation sites (tertiary alicyclic amines) is 1. The third-order valence-corrected chi connectivity index (χ3v) is 12.0. The van der Waals surface area contributed by atoms with Gasteiger partial charge in [-0.15, -0.1) is 0 Å². The van der Waals surface area contributed by atoms with Crippen molar-refractivity contribution < 1.29 is 33.6 Å². The summed E-state index contributed by atoms with van der Waals surface area (Å²) in [5.41, 5.74) is -0.697. The van der Waals surface area contributed by atoms with Gasteiger partial charge in [0.05, 0.1) is 12.1 Å². The lowest BCUT2D eigenvalue weighted by Gasteiger charge is -2.38. The Morgan fingerprint density at radius 2 is 1.50 bits per heavy atom. The minimum absolute atomic E-state index is 0.00487. The van der Waals surface area contributed by atoms with E-state index < -0.39 is 41.2 Å². The second kappa shape index (κ2) is 17.5. The molecule has 1 unspecified atom stereocenters. The van der Waals surface area contributed by atoms with Gasteiger partial charge in [-0.1, -0.05) is 66.7 Å². The van der Waals surface area contributed by atoms with Gasteiger partial charge in [0, 0.05) is 44.1 Å². The van der Waals surface area contributed by atoms with E-state index in [0.717, 1.165) is 64.2 Å². The summed E-state index contributed by atoms with van der Waals surface area (Å²) >= 11 is 0. The highest BCUT2D eigenvalue weighted by Crippen LogP contribution is 2.44. The third-order valence-electron chi connectivity index (χ3n) is 12.0. The summed E-state index contributed by atoms with van der Waals surface area (Å²) in [5.74, 6) is -2.91. The summed E-state index contributed by atoms with van der Waals surface area (Å²) < 4.78 is 0. The molecular weight excluding hydrogens is 634 g/mol. The molecule has 3 saturated carbocycles. The van der Waals surface area contributed by atoms with Crippen molar-refractivity contribution in [1.82, 2.24) is 15.5 Å². The highest BCUT2D eigenvalue weighted by atomic mass is 16.2. The molecule has 0 spiro atoms. The van der Waals surface area contributed by atoms with E-state index in [9.17, 15) is 33.6 Å². The number of hydrogen-bond donors (Lipinski definition) is 2. The summed E-state index contributed by atoms with van der Waals surface area (Å²) in [7, 11) is 0. The molecule has 0 bridgehead atoms. The van der Waals surface area contributed by atoms with Crippen molar-refractivity contribution in [1.29, 1.82) is 0 Å². The van der Waals surface area contributed by atoms with Crippen LogP contribution in [0, 0.1) is 40.9 Å². The number of rotatable bonds is 18. The maximum absolute atomic E-state index is 14.7. The summed E-state index contributed by atoms with van der Waals surface area (Å²) in [6.07, 6.45) is 10.9. The van der Waals surface area contributed by atoms with Gasteiger partial charge in [-0.05, 0) is 81.0 Å². The number of nitrogens with zero attached hydrogens (tertiary/aromatic N) is 1. The molecule has 3 aliphatic carbocycles. The van der Waals surface area contributed by atoms with Crippen molar-refractivity contribution in [3.05, 3.63) is 0 Å². The fraction of sp³-hybridized carbons (Fsp3) is 0.825. The van der Waals surface area contributed by atoms with Gasteiger partial charge in [0.15, 0.2) is 17.3 Å². The van der Waals surface area contributed by atoms with E-state index in [1.165, 1.54) is 0 Å². The van der Waals surface area contributed by atoms with Crippen LogP contribution in [-0.4, -0.2) is 70.4 Å². The summed E-state index contributed by atoms with van der Waals surface area (Å²) in [5, 5.41) is 5.82. The summed E-state index contributed by atoms with van der Waals surface area (Å²) in [4.78, 5) is 96.2. The van der Waals surface area contributed by atoms with Crippen molar-refractivity contribution in [2.24, 2.45) is 40.9 Å². The Morgan fingerprint density at radius 1 is 0.820 bits per heavy atom.